The van der Waals surface area contributed by atoms with Crippen molar-refractivity contribution in [2.75, 3.05) is 0 Å². The average molecular weight is 380 g/mol. The largest absolute Gasteiger partial charge is 0.334 e. The van der Waals surface area contributed by atoms with E-state index in [2.05, 4.69) is 20.9 Å². The third-order valence-corrected chi connectivity index (χ3v) is 3.80. The van der Waals surface area contributed by atoms with Gasteiger partial charge >= 0.3 is 5.69 Å². The van der Waals surface area contributed by atoms with Crippen LogP contribution in [-0.4, -0.2) is 9.55 Å². The molecule has 1 aromatic carbocycles. The van der Waals surface area contributed by atoms with E-state index in [0.717, 1.165) is 12.1 Å². The second-order valence-corrected chi connectivity index (χ2v) is 5.90. The van der Waals surface area contributed by atoms with E-state index in [9.17, 15) is 18.4 Å². The fourth-order valence-electron chi connectivity index (χ4n) is 1.93. The number of aromatic nitrogens is 2. The van der Waals surface area contributed by atoms with Crippen molar-refractivity contribution in [3.8, 4) is 5.69 Å². The first-order valence-electron chi connectivity index (χ1n) is 5.93. The van der Waals surface area contributed by atoms with Crippen LogP contribution in [0.5, 0.6) is 0 Å². The van der Waals surface area contributed by atoms with Gasteiger partial charge in [-0.05, 0) is 27.9 Å². The highest BCUT2D eigenvalue weighted by molar-refractivity contribution is 9.10. The van der Waals surface area contributed by atoms with Crippen molar-refractivity contribution in [3.05, 3.63) is 59.8 Å². The highest BCUT2D eigenvalue weighted by Crippen LogP contribution is 2.22. The van der Waals surface area contributed by atoms with Crippen molar-refractivity contribution in [2.45, 2.75) is 19.8 Å². The Labute approximate surface area is 131 Å². The second kappa shape index (κ2) is 5.73. The van der Waals surface area contributed by atoms with Crippen LogP contribution in [0.2, 0.25) is 5.15 Å². The summed E-state index contributed by atoms with van der Waals surface area (Å²) in [5.74, 6) is -2.00. The number of aromatic amines is 1. The van der Waals surface area contributed by atoms with Crippen LogP contribution in [0.3, 0.4) is 0 Å². The summed E-state index contributed by atoms with van der Waals surface area (Å²) in [6.45, 7) is 3.40. The van der Waals surface area contributed by atoms with Crippen molar-refractivity contribution in [1.29, 1.82) is 0 Å². The smallest absolute Gasteiger partial charge is 0.297 e. The molecular formula is C13H10BrClF2N2O2. The van der Waals surface area contributed by atoms with Crippen LogP contribution in [0.25, 0.3) is 5.69 Å². The van der Waals surface area contributed by atoms with Crippen LogP contribution in [0.1, 0.15) is 25.3 Å². The van der Waals surface area contributed by atoms with Gasteiger partial charge in [0.25, 0.3) is 5.56 Å². The van der Waals surface area contributed by atoms with Crippen molar-refractivity contribution in [1.82, 2.24) is 9.55 Å². The molecule has 0 amide bonds. The van der Waals surface area contributed by atoms with Crippen LogP contribution >= 0.6 is 27.5 Å². The van der Waals surface area contributed by atoms with Crippen molar-refractivity contribution >= 4 is 27.5 Å². The Bertz CT molecular complexity index is 830. The number of hydrogen-bond donors (Lipinski definition) is 1. The molecule has 1 aromatic heterocycles. The quantitative estimate of drug-likeness (QED) is 0.643. The number of hydrogen-bond acceptors (Lipinski definition) is 2. The third kappa shape index (κ3) is 2.80. The number of benzene rings is 1. The molecule has 21 heavy (non-hydrogen) atoms. The minimum absolute atomic E-state index is 0.103. The Kier molecular flexibility index (Phi) is 4.34. The molecule has 0 bridgehead atoms. The van der Waals surface area contributed by atoms with E-state index in [1.54, 1.807) is 13.8 Å². The number of rotatable bonds is 2. The minimum atomic E-state index is -0.935. The summed E-state index contributed by atoms with van der Waals surface area (Å²) in [6, 6.07) is 1.62. The predicted octanol–water partition coefficient (Wildman–Crippen LogP) is 3.34. The van der Waals surface area contributed by atoms with E-state index in [1.807, 2.05) is 0 Å². The molecule has 1 N–H and O–H groups in total. The number of nitrogens with zero attached hydrogens (tertiary/aromatic N) is 1. The van der Waals surface area contributed by atoms with Gasteiger partial charge in [-0.25, -0.2) is 18.1 Å². The summed E-state index contributed by atoms with van der Waals surface area (Å²) in [5, 5.41) is -0.103. The summed E-state index contributed by atoms with van der Waals surface area (Å²) < 4.78 is 28.0. The van der Waals surface area contributed by atoms with Gasteiger partial charge in [0.2, 0.25) is 0 Å². The van der Waals surface area contributed by atoms with Crippen molar-refractivity contribution < 1.29 is 8.78 Å². The van der Waals surface area contributed by atoms with Gasteiger partial charge in [0, 0.05) is 6.07 Å². The van der Waals surface area contributed by atoms with Gasteiger partial charge < -0.3 is 0 Å². The van der Waals surface area contributed by atoms with Gasteiger partial charge in [-0.1, -0.05) is 25.4 Å². The summed E-state index contributed by atoms with van der Waals surface area (Å²) in [7, 11) is 0. The first-order valence-corrected chi connectivity index (χ1v) is 7.10. The molecule has 2 aromatic rings. The Morgan fingerprint density at radius 2 is 1.86 bits per heavy atom. The highest BCUT2D eigenvalue weighted by Gasteiger charge is 2.19. The van der Waals surface area contributed by atoms with Gasteiger partial charge in [0.05, 0.1) is 15.7 Å². The SMILES string of the molecule is CC(C)c1c(Cl)[nH]c(=O)n(-c2cc(F)c(Br)cc2F)c1=O. The van der Waals surface area contributed by atoms with Gasteiger partial charge in [-0.15, -0.1) is 0 Å². The molecule has 8 heteroatoms. The van der Waals surface area contributed by atoms with Gasteiger partial charge in [-0.2, -0.15) is 0 Å². The zero-order valence-corrected chi connectivity index (χ0v) is 13.3. The minimum Gasteiger partial charge on any atom is -0.297 e. The molecule has 0 saturated carbocycles. The lowest BCUT2D eigenvalue weighted by molar-refractivity contribution is 0.582. The summed E-state index contributed by atoms with van der Waals surface area (Å²) >= 11 is 8.67. The monoisotopic (exact) mass is 378 g/mol. The second-order valence-electron chi connectivity index (χ2n) is 4.67. The molecule has 1 heterocycles. The predicted molar refractivity (Wildman–Crippen MR) is 79.4 cm³/mol. The molecule has 0 saturated heterocycles. The zero-order valence-electron chi connectivity index (χ0n) is 11.0. The van der Waals surface area contributed by atoms with E-state index >= 15 is 0 Å². The molecular weight excluding hydrogens is 370 g/mol. The lowest BCUT2D eigenvalue weighted by Gasteiger charge is -2.12. The third-order valence-electron chi connectivity index (χ3n) is 2.90. The van der Waals surface area contributed by atoms with Gasteiger partial charge in [0.15, 0.2) is 0 Å². The lowest BCUT2D eigenvalue weighted by atomic mass is 10.1. The highest BCUT2D eigenvalue weighted by atomic mass is 79.9. The van der Waals surface area contributed by atoms with Crippen LogP contribution < -0.4 is 11.2 Å². The number of H-pyrrole nitrogens is 1. The first-order chi connectivity index (χ1) is 9.73. The maximum absolute atomic E-state index is 14.0. The topological polar surface area (TPSA) is 54.9 Å². The zero-order chi connectivity index (χ0) is 15.9. The number of nitrogens with one attached hydrogen (secondary N) is 1. The maximum Gasteiger partial charge on any atom is 0.334 e. The molecule has 0 aliphatic carbocycles. The molecule has 4 nitrogen and oxygen atoms in total. The maximum atomic E-state index is 14.0. The molecule has 2 rings (SSSR count). The fraction of sp³-hybridized carbons (Fsp3) is 0.231. The van der Waals surface area contributed by atoms with E-state index in [4.69, 9.17) is 11.6 Å². The molecule has 0 aliphatic heterocycles. The molecule has 0 spiro atoms. The van der Waals surface area contributed by atoms with Crippen LogP contribution in [-0.2, 0) is 0 Å². The van der Waals surface area contributed by atoms with Crippen molar-refractivity contribution in [2.24, 2.45) is 0 Å². The lowest BCUT2D eigenvalue weighted by Crippen LogP contribution is -2.37. The van der Waals surface area contributed by atoms with Crippen LogP contribution in [0, 0.1) is 11.6 Å². The van der Waals surface area contributed by atoms with Gasteiger partial charge in [0.1, 0.15) is 16.8 Å². The van der Waals surface area contributed by atoms with E-state index in [1.165, 1.54) is 0 Å². The average Bonchev–Trinajstić information content (AvgIpc) is 2.34. The molecule has 0 atom stereocenters. The Balaban J connectivity index is 2.89. The Morgan fingerprint density at radius 1 is 1.24 bits per heavy atom. The summed E-state index contributed by atoms with van der Waals surface area (Å²) in [6.07, 6.45) is 0. The van der Waals surface area contributed by atoms with Crippen molar-refractivity contribution in [3.63, 3.8) is 0 Å². The van der Waals surface area contributed by atoms with E-state index in [-0.39, 0.29) is 21.1 Å². The molecule has 0 radical (unpaired) electrons. The standard InChI is InChI=1S/C13H10BrClF2N2O2/c1-5(2)10-11(15)18-13(21)19(12(10)20)9-4-7(16)6(14)3-8(9)17/h3-5H,1-2H3,(H,18,21). The van der Waals surface area contributed by atoms with E-state index in [0.29, 0.717) is 4.57 Å². The Hall–Kier alpha value is -1.47. The molecule has 112 valence electrons. The summed E-state index contributed by atoms with van der Waals surface area (Å²) in [5.41, 5.74) is -2.06. The fourth-order valence-corrected chi connectivity index (χ4v) is 2.62. The molecule has 0 fully saturated rings. The molecule has 0 unspecified atom stereocenters. The van der Waals surface area contributed by atoms with Crippen LogP contribution in [0.4, 0.5) is 8.78 Å². The normalized spacial score (nSPS) is 11.2. The van der Waals surface area contributed by atoms with Crippen LogP contribution in [0.15, 0.2) is 26.2 Å². The first kappa shape index (κ1) is 15.9. The summed E-state index contributed by atoms with van der Waals surface area (Å²) in [4.78, 5) is 26.5. The van der Waals surface area contributed by atoms with E-state index < -0.39 is 28.6 Å². The molecule has 0 aliphatic rings. The van der Waals surface area contributed by atoms with Gasteiger partial charge in [-0.3, -0.25) is 9.78 Å². The Morgan fingerprint density at radius 3 is 2.43 bits per heavy atom. The number of halogens is 4.